The number of halogens is 1. The molecule has 0 aliphatic carbocycles. The predicted molar refractivity (Wildman–Crippen MR) is 117 cm³/mol. The van der Waals surface area contributed by atoms with Crippen LogP contribution >= 0.6 is 0 Å². The van der Waals surface area contributed by atoms with Crippen molar-refractivity contribution in [2.24, 2.45) is 0 Å². The lowest BCUT2D eigenvalue weighted by atomic mass is 9.89. The first-order valence-corrected chi connectivity index (χ1v) is 10.8. The van der Waals surface area contributed by atoms with E-state index in [9.17, 15) is 14.3 Å². The van der Waals surface area contributed by atoms with Crippen LogP contribution in [0.2, 0.25) is 0 Å². The van der Waals surface area contributed by atoms with Gasteiger partial charge < -0.3 is 24.6 Å². The molecule has 2 N–H and O–H groups in total. The van der Waals surface area contributed by atoms with E-state index in [0.717, 1.165) is 12.8 Å². The zero-order valence-corrected chi connectivity index (χ0v) is 18.3. The van der Waals surface area contributed by atoms with E-state index in [4.69, 9.17) is 14.2 Å². The lowest BCUT2D eigenvalue weighted by molar-refractivity contribution is 0.0391. The summed E-state index contributed by atoms with van der Waals surface area (Å²) < 4.78 is 30.1. The van der Waals surface area contributed by atoms with Gasteiger partial charge in [-0.25, -0.2) is 4.39 Å². The maximum absolute atomic E-state index is 13.5. The maximum atomic E-state index is 13.5. The van der Waals surface area contributed by atoms with Crippen molar-refractivity contribution in [3.05, 3.63) is 53.3 Å². The minimum absolute atomic E-state index is 0.0370. The summed E-state index contributed by atoms with van der Waals surface area (Å²) >= 11 is 0. The van der Waals surface area contributed by atoms with E-state index < -0.39 is 5.82 Å². The molecule has 7 nitrogen and oxygen atoms in total. The summed E-state index contributed by atoms with van der Waals surface area (Å²) in [4.78, 5) is 15.0. The molecule has 0 radical (unpaired) electrons. The molecule has 1 amide bonds. The molecule has 2 aromatic carbocycles. The first-order chi connectivity index (χ1) is 15.5. The fraction of sp³-hybridized carbons (Fsp3) is 0.458. The number of hydrogen-bond acceptors (Lipinski definition) is 6. The molecule has 0 saturated carbocycles. The van der Waals surface area contributed by atoms with Gasteiger partial charge in [0.05, 0.1) is 26.4 Å². The highest BCUT2D eigenvalue weighted by atomic mass is 19.1. The van der Waals surface area contributed by atoms with Gasteiger partial charge >= 0.3 is 0 Å². The number of benzene rings is 2. The molecule has 2 aromatic rings. The second-order valence-electron chi connectivity index (χ2n) is 8.32. The molecular weight excluding hydrogens is 415 g/mol. The second kappa shape index (κ2) is 9.75. The largest absolute Gasteiger partial charge is 0.507 e. The summed E-state index contributed by atoms with van der Waals surface area (Å²) in [6.45, 7) is 1.69. The quantitative estimate of drug-likeness (QED) is 0.713. The predicted octanol–water partition coefficient (Wildman–Crippen LogP) is 3.10. The zero-order chi connectivity index (χ0) is 22.7. The smallest absolute Gasteiger partial charge is 0.251 e. The van der Waals surface area contributed by atoms with Crippen LogP contribution in [0.4, 0.5) is 4.39 Å². The molecule has 2 unspecified atom stereocenters. The monoisotopic (exact) mass is 444 g/mol. The number of amides is 1. The fourth-order valence-electron chi connectivity index (χ4n) is 4.73. The van der Waals surface area contributed by atoms with Gasteiger partial charge in [-0.15, -0.1) is 0 Å². The Bertz CT molecular complexity index is 953. The van der Waals surface area contributed by atoms with Crippen molar-refractivity contribution in [2.75, 3.05) is 27.4 Å². The van der Waals surface area contributed by atoms with E-state index in [1.807, 2.05) is 0 Å². The number of methoxy groups -OCH3 is 2. The van der Waals surface area contributed by atoms with Crippen molar-refractivity contribution in [2.45, 2.75) is 43.9 Å². The Balaban J connectivity index is 1.51. The normalized spacial score (nSPS) is 23.3. The van der Waals surface area contributed by atoms with Gasteiger partial charge in [0.25, 0.3) is 5.91 Å². The van der Waals surface area contributed by atoms with Crippen LogP contribution in [-0.2, 0) is 11.3 Å². The summed E-state index contributed by atoms with van der Waals surface area (Å²) in [6, 6.07) is 9.28. The summed E-state index contributed by atoms with van der Waals surface area (Å²) in [5.41, 5.74) is 1.02. The van der Waals surface area contributed by atoms with E-state index in [0.29, 0.717) is 48.8 Å². The Hall–Kier alpha value is -2.84. The van der Waals surface area contributed by atoms with Gasteiger partial charge in [-0.1, -0.05) is 6.07 Å². The minimum Gasteiger partial charge on any atom is -0.507 e. The summed E-state index contributed by atoms with van der Waals surface area (Å²) in [6.07, 6.45) is 2.28. The highest BCUT2D eigenvalue weighted by molar-refractivity contribution is 5.94. The Kier molecular flexibility index (Phi) is 6.81. The van der Waals surface area contributed by atoms with Crippen molar-refractivity contribution in [1.82, 2.24) is 10.2 Å². The highest BCUT2D eigenvalue weighted by Crippen LogP contribution is 2.37. The van der Waals surface area contributed by atoms with E-state index in [1.165, 1.54) is 18.2 Å². The van der Waals surface area contributed by atoms with Crippen LogP contribution in [0.3, 0.4) is 0 Å². The number of nitrogens with one attached hydrogen (secondary N) is 1. The number of piperidine rings is 1. The summed E-state index contributed by atoms with van der Waals surface area (Å²) in [5.74, 6) is 0.530. The number of fused-ring (bicyclic) bond motifs is 2. The van der Waals surface area contributed by atoms with Crippen LogP contribution in [0.15, 0.2) is 36.4 Å². The first-order valence-electron chi connectivity index (χ1n) is 10.8. The topological polar surface area (TPSA) is 80.3 Å². The lowest BCUT2D eigenvalue weighted by Crippen LogP contribution is -2.54. The fourth-order valence-corrected chi connectivity index (χ4v) is 4.73. The number of ether oxygens (including phenoxy) is 3. The Morgan fingerprint density at radius 3 is 2.78 bits per heavy atom. The van der Waals surface area contributed by atoms with Gasteiger partial charge in [-0.3, -0.25) is 9.69 Å². The van der Waals surface area contributed by atoms with E-state index in [2.05, 4.69) is 10.2 Å². The average molecular weight is 445 g/mol. The van der Waals surface area contributed by atoms with E-state index in [1.54, 1.807) is 32.4 Å². The Labute approximate surface area is 187 Å². The van der Waals surface area contributed by atoms with Crippen molar-refractivity contribution >= 4 is 5.91 Å². The SMILES string of the molecule is COc1cc(O)c(CN2C3CCOCC2C[C@@H](NC(=O)c2cccc(F)c2)C3)c(OC)c1. The number of hydrogen-bond donors (Lipinski definition) is 2. The van der Waals surface area contributed by atoms with Gasteiger partial charge in [-0.2, -0.15) is 0 Å². The molecule has 3 atom stereocenters. The van der Waals surface area contributed by atoms with Gasteiger partial charge in [0.15, 0.2) is 0 Å². The van der Waals surface area contributed by atoms with Gasteiger partial charge in [0, 0.05) is 49.0 Å². The summed E-state index contributed by atoms with van der Waals surface area (Å²) in [7, 11) is 3.12. The molecule has 2 bridgehead atoms. The van der Waals surface area contributed by atoms with Crippen LogP contribution < -0.4 is 14.8 Å². The molecule has 172 valence electrons. The van der Waals surface area contributed by atoms with Crippen molar-refractivity contribution in [3.63, 3.8) is 0 Å². The minimum atomic E-state index is -0.428. The number of phenolic OH excluding ortho intramolecular Hbond substituents is 1. The molecule has 2 fully saturated rings. The molecule has 2 aliphatic heterocycles. The third-order valence-electron chi connectivity index (χ3n) is 6.33. The Morgan fingerprint density at radius 2 is 2.03 bits per heavy atom. The molecule has 32 heavy (non-hydrogen) atoms. The highest BCUT2D eigenvalue weighted by Gasteiger charge is 2.38. The van der Waals surface area contributed by atoms with Crippen molar-refractivity contribution in [1.29, 1.82) is 0 Å². The number of carbonyl (C=O) groups excluding carboxylic acids is 1. The molecule has 4 rings (SSSR count). The zero-order valence-electron chi connectivity index (χ0n) is 18.3. The molecule has 2 heterocycles. The molecule has 2 aliphatic rings. The van der Waals surface area contributed by atoms with Gasteiger partial charge in [-0.05, 0) is 37.5 Å². The van der Waals surface area contributed by atoms with Gasteiger partial charge in [0.2, 0.25) is 0 Å². The number of aromatic hydroxyl groups is 1. The third-order valence-corrected chi connectivity index (χ3v) is 6.33. The molecule has 8 heteroatoms. The number of carbonyl (C=O) groups is 1. The molecule has 2 saturated heterocycles. The number of phenols is 1. The summed E-state index contributed by atoms with van der Waals surface area (Å²) in [5, 5.41) is 13.7. The third kappa shape index (κ3) is 4.81. The van der Waals surface area contributed by atoms with Crippen molar-refractivity contribution in [3.8, 4) is 17.2 Å². The maximum Gasteiger partial charge on any atom is 0.251 e. The average Bonchev–Trinajstić information content (AvgIpc) is 2.89. The van der Waals surface area contributed by atoms with Crippen LogP contribution in [0.5, 0.6) is 17.2 Å². The van der Waals surface area contributed by atoms with E-state index in [-0.39, 0.29) is 29.8 Å². The van der Waals surface area contributed by atoms with Crippen LogP contribution in [0.1, 0.15) is 35.2 Å². The van der Waals surface area contributed by atoms with Crippen LogP contribution in [0.25, 0.3) is 0 Å². The number of nitrogens with zero attached hydrogens (tertiary/aromatic N) is 1. The van der Waals surface area contributed by atoms with Crippen molar-refractivity contribution < 1.29 is 28.5 Å². The molecule has 0 aromatic heterocycles. The second-order valence-corrected chi connectivity index (χ2v) is 8.32. The first kappa shape index (κ1) is 22.4. The standard InChI is InChI=1S/C24H29FN2O5/c1-30-20-11-22(28)21(23(12-20)31-2)13-27-18-6-7-32-14-19(27)10-17(9-18)26-24(29)15-4-3-5-16(25)8-15/h3-5,8,11-12,17-19,28H,6-7,9-10,13-14H2,1-2H3,(H,26,29)/t17-,18?,19?/m0/s1. The van der Waals surface area contributed by atoms with Gasteiger partial charge in [0.1, 0.15) is 23.1 Å². The van der Waals surface area contributed by atoms with Crippen LogP contribution in [0, 0.1) is 5.82 Å². The molecule has 0 spiro atoms. The van der Waals surface area contributed by atoms with E-state index >= 15 is 0 Å². The lowest BCUT2D eigenvalue weighted by Gasteiger charge is -2.43. The Morgan fingerprint density at radius 1 is 1.22 bits per heavy atom. The number of rotatable bonds is 6. The molecular formula is C24H29FN2O5. The van der Waals surface area contributed by atoms with Crippen LogP contribution in [-0.4, -0.2) is 61.5 Å².